The van der Waals surface area contributed by atoms with Gasteiger partial charge < -0.3 is 14.7 Å². The summed E-state index contributed by atoms with van der Waals surface area (Å²) in [6, 6.07) is 62.8. The molecule has 4 aliphatic rings. The van der Waals surface area contributed by atoms with Crippen LogP contribution in [0.15, 0.2) is 164 Å². The molecule has 0 amide bonds. The van der Waals surface area contributed by atoms with Gasteiger partial charge in [0.25, 0.3) is 6.71 Å². The van der Waals surface area contributed by atoms with E-state index in [1.165, 1.54) is 97.0 Å². The van der Waals surface area contributed by atoms with E-state index in [0.29, 0.717) is 0 Å². The number of para-hydroxylation sites is 4. The Kier molecular flexibility index (Phi) is 8.40. The summed E-state index contributed by atoms with van der Waals surface area (Å²) in [7, 11) is 0. The molecule has 0 radical (unpaired) electrons. The number of rotatable bonds is 4. The highest BCUT2D eigenvalue weighted by molar-refractivity contribution is 7.00. The summed E-state index contributed by atoms with van der Waals surface area (Å²) in [4.78, 5) is 7.91. The zero-order valence-electron chi connectivity index (χ0n) is 36.8. The van der Waals surface area contributed by atoms with Gasteiger partial charge in [0.1, 0.15) is 0 Å². The van der Waals surface area contributed by atoms with Crippen LogP contribution < -0.4 is 31.1 Å². The van der Waals surface area contributed by atoms with Gasteiger partial charge in [-0.1, -0.05) is 164 Å². The van der Waals surface area contributed by atoms with Crippen molar-refractivity contribution < 1.29 is 0 Å². The van der Waals surface area contributed by atoms with Crippen LogP contribution in [0.4, 0.5) is 45.5 Å². The lowest BCUT2D eigenvalue weighted by Gasteiger charge is -2.53. The minimum atomic E-state index is -0.234. The van der Waals surface area contributed by atoms with Gasteiger partial charge in [0, 0.05) is 50.9 Å². The van der Waals surface area contributed by atoms with Crippen LogP contribution in [-0.2, 0) is 16.2 Å². The first-order chi connectivity index (χ1) is 29.4. The lowest BCUT2D eigenvalue weighted by Crippen LogP contribution is -2.61. The first kappa shape index (κ1) is 38.0. The summed E-state index contributed by atoms with van der Waals surface area (Å²) in [6.45, 7) is 16.8. The second kappa shape index (κ2) is 13.5. The predicted octanol–water partition coefficient (Wildman–Crippen LogP) is 13.1. The van der Waals surface area contributed by atoms with Crippen LogP contribution >= 0.6 is 0 Å². The molecule has 302 valence electrons. The molecule has 3 nitrogen and oxygen atoms in total. The first-order valence-corrected chi connectivity index (χ1v) is 22.5. The van der Waals surface area contributed by atoms with Gasteiger partial charge in [-0.15, -0.1) is 0 Å². The van der Waals surface area contributed by atoms with Crippen LogP contribution in [0.25, 0.3) is 0 Å². The lowest BCUT2D eigenvalue weighted by molar-refractivity contribution is 0.215. The van der Waals surface area contributed by atoms with Gasteiger partial charge in [-0.05, 0) is 124 Å². The molecule has 3 heterocycles. The maximum atomic E-state index is 2.81. The third kappa shape index (κ3) is 5.50. The second-order valence-corrected chi connectivity index (χ2v) is 20.3. The van der Waals surface area contributed by atoms with Crippen molar-refractivity contribution in [3.05, 3.63) is 186 Å². The number of benzene rings is 7. The molecule has 1 aliphatic carbocycles. The van der Waals surface area contributed by atoms with Crippen molar-refractivity contribution in [2.24, 2.45) is 0 Å². The first-order valence-electron chi connectivity index (χ1n) is 22.5. The molecule has 1 fully saturated rings. The van der Waals surface area contributed by atoms with E-state index in [1.54, 1.807) is 0 Å². The van der Waals surface area contributed by atoms with Crippen molar-refractivity contribution in [3.63, 3.8) is 0 Å². The highest BCUT2D eigenvalue weighted by Gasteiger charge is 2.61. The van der Waals surface area contributed by atoms with Crippen molar-refractivity contribution in [1.29, 1.82) is 0 Å². The van der Waals surface area contributed by atoms with Crippen LogP contribution in [0.2, 0.25) is 0 Å². The van der Waals surface area contributed by atoms with Crippen LogP contribution in [0, 0.1) is 0 Å². The summed E-state index contributed by atoms with van der Waals surface area (Å²) >= 11 is 0. The molecule has 2 unspecified atom stereocenters. The molecular weight excluding hydrogens is 737 g/mol. The Bertz CT molecular complexity index is 2700. The van der Waals surface area contributed by atoms with E-state index in [-0.39, 0.29) is 28.5 Å². The predicted molar refractivity (Wildman–Crippen MR) is 261 cm³/mol. The van der Waals surface area contributed by atoms with Crippen molar-refractivity contribution in [2.75, 3.05) is 14.7 Å². The Morgan fingerprint density at radius 3 is 1.49 bits per heavy atom. The molecule has 0 bridgehead atoms. The minimum Gasteiger partial charge on any atom is -0.334 e. The standard InChI is InChI=1S/C57H56BN3/c1-54(2,3)39-28-30-40(31-29-39)57-35-19-18-34-56(57,7)61(48-33-32-41(36-45(48)57)55(4,5)6)44-37-51-53-52(38-44)60(43-22-12-9-13-23-43)50-27-17-15-25-47(50)58(53)46-24-14-16-26-49(46)59(51)42-20-10-8-11-21-42/h8-17,20-33,36-38H,18-19,34-35H2,1-7H3. The van der Waals surface area contributed by atoms with E-state index in [9.17, 15) is 0 Å². The van der Waals surface area contributed by atoms with Crippen LogP contribution in [0.1, 0.15) is 96.4 Å². The van der Waals surface area contributed by atoms with Gasteiger partial charge in [0.05, 0.1) is 5.54 Å². The van der Waals surface area contributed by atoms with Crippen molar-refractivity contribution in [2.45, 2.75) is 95.9 Å². The van der Waals surface area contributed by atoms with Crippen molar-refractivity contribution in [1.82, 2.24) is 0 Å². The topological polar surface area (TPSA) is 9.72 Å². The highest BCUT2D eigenvalue weighted by Crippen LogP contribution is 2.64. The molecule has 0 spiro atoms. The fourth-order valence-electron chi connectivity index (χ4n) is 11.9. The van der Waals surface area contributed by atoms with Gasteiger partial charge in [-0.2, -0.15) is 0 Å². The minimum absolute atomic E-state index is 0.0168. The number of anilines is 8. The van der Waals surface area contributed by atoms with Crippen LogP contribution in [-0.4, -0.2) is 12.3 Å². The van der Waals surface area contributed by atoms with Gasteiger partial charge in [0.2, 0.25) is 0 Å². The summed E-state index contributed by atoms with van der Waals surface area (Å²) in [6.07, 6.45) is 4.61. The molecule has 0 saturated heterocycles. The van der Waals surface area contributed by atoms with E-state index in [0.717, 1.165) is 12.8 Å². The Hall–Kier alpha value is -6.00. The molecule has 11 rings (SSSR count). The largest absolute Gasteiger partial charge is 0.334 e. The fourth-order valence-corrected chi connectivity index (χ4v) is 11.9. The van der Waals surface area contributed by atoms with Crippen LogP contribution in [0.3, 0.4) is 0 Å². The normalized spacial score (nSPS) is 20.1. The highest BCUT2D eigenvalue weighted by atomic mass is 15.3. The average Bonchev–Trinajstić information content (AvgIpc) is 3.51. The Morgan fingerprint density at radius 1 is 0.459 bits per heavy atom. The third-order valence-electron chi connectivity index (χ3n) is 14.8. The van der Waals surface area contributed by atoms with E-state index in [2.05, 4.69) is 227 Å². The molecule has 1 saturated carbocycles. The van der Waals surface area contributed by atoms with Gasteiger partial charge in [-0.25, -0.2) is 0 Å². The van der Waals surface area contributed by atoms with E-state index >= 15 is 0 Å². The van der Waals surface area contributed by atoms with Gasteiger partial charge >= 0.3 is 0 Å². The van der Waals surface area contributed by atoms with Crippen LogP contribution in [0.5, 0.6) is 0 Å². The van der Waals surface area contributed by atoms with E-state index in [4.69, 9.17) is 0 Å². The van der Waals surface area contributed by atoms with E-state index < -0.39 is 0 Å². The second-order valence-electron chi connectivity index (χ2n) is 20.3. The number of hydrogen-bond acceptors (Lipinski definition) is 3. The summed E-state index contributed by atoms with van der Waals surface area (Å²) in [5.41, 5.74) is 19.3. The molecule has 7 aromatic rings. The number of fused-ring (bicyclic) bond motifs is 7. The summed E-state index contributed by atoms with van der Waals surface area (Å²) < 4.78 is 0. The molecule has 4 heteroatoms. The number of hydrogen-bond donors (Lipinski definition) is 0. The average molecular weight is 794 g/mol. The summed E-state index contributed by atoms with van der Waals surface area (Å²) in [5.74, 6) is 0. The maximum Gasteiger partial charge on any atom is 0.252 e. The molecule has 7 aromatic carbocycles. The Morgan fingerprint density at radius 2 is 0.951 bits per heavy atom. The lowest BCUT2D eigenvalue weighted by atomic mass is 9.33. The molecule has 3 aliphatic heterocycles. The smallest absolute Gasteiger partial charge is 0.252 e. The Balaban J connectivity index is 1.23. The van der Waals surface area contributed by atoms with Gasteiger partial charge in [0.15, 0.2) is 0 Å². The molecule has 2 atom stereocenters. The zero-order chi connectivity index (χ0) is 41.9. The third-order valence-corrected chi connectivity index (χ3v) is 14.8. The Labute approximate surface area is 363 Å². The molecule has 0 aromatic heterocycles. The monoisotopic (exact) mass is 793 g/mol. The molecule has 0 N–H and O–H groups in total. The fraction of sp³-hybridized carbons (Fsp3) is 0.263. The quantitative estimate of drug-likeness (QED) is 0.164. The van der Waals surface area contributed by atoms with E-state index in [1.807, 2.05) is 0 Å². The van der Waals surface area contributed by atoms with Crippen molar-refractivity contribution in [3.8, 4) is 0 Å². The van der Waals surface area contributed by atoms with Gasteiger partial charge in [-0.3, -0.25) is 0 Å². The molecule has 61 heavy (non-hydrogen) atoms. The SMILES string of the molecule is CC(C)(C)c1ccc(C23CCCCC2(C)N(c2cc4c5c(c2)N(c2ccccc2)c2ccccc2B5c2ccccc2N4c2ccccc2)c2ccc(C(C)(C)C)cc23)cc1. The van der Waals surface area contributed by atoms with Crippen molar-refractivity contribution >= 4 is 68.6 Å². The number of nitrogens with zero attached hydrogens (tertiary/aromatic N) is 3. The molecular formula is C57H56BN3. The zero-order valence-corrected chi connectivity index (χ0v) is 36.8. The summed E-state index contributed by atoms with van der Waals surface area (Å²) in [5, 5.41) is 0. The maximum absolute atomic E-state index is 2.81.